The highest BCUT2D eigenvalue weighted by Gasteiger charge is 2.56. The summed E-state index contributed by atoms with van der Waals surface area (Å²) in [5.74, 6) is -1.80. The van der Waals surface area contributed by atoms with Crippen LogP contribution in [0.3, 0.4) is 0 Å². The number of carbonyl (C=O) groups excluding carboxylic acids is 2. The molecular weight excluding hydrogens is 531 g/mol. The highest BCUT2D eigenvalue weighted by Crippen LogP contribution is 2.47. The van der Waals surface area contributed by atoms with Crippen LogP contribution in [0.2, 0.25) is 19.1 Å². The first kappa shape index (κ1) is 27.1. The Bertz CT molecular complexity index is 1570. The first-order valence-electron chi connectivity index (χ1n) is 12.7. The number of carbonyl (C=O) groups is 2. The minimum absolute atomic E-state index is 0.0567. The molecule has 0 aliphatic carbocycles. The number of rotatable bonds is 6. The molecule has 12 heteroatoms. The molecule has 5 rings (SSSR count). The molecule has 39 heavy (non-hydrogen) atoms. The van der Waals surface area contributed by atoms with E-state index in [1.807, 2.05) is 30.3 Å². The number of halogens is 3. The number of hydrogen-bond donors (Lipinski definition) is 1. The van der Waals surface area contributed by atoms with E-state index in [0.29, 0.717) is 16.9 Å². The fourth-order valence-electron chi connectivity index (χ4n) is 5.53. The lowest BCUT2D eigenvalue weighted by Gasteiger charge is -2.43. The van der Waals surface area contributed by atoms with Crippen molar-refractivity contribution in [3.8, 4) is 11.4 Å². The fraction of sp³-hybridized carbons (Fsp3) is 0.407. The van der Waals surface area contributed by atoms with Crippen molar-refractivity contribution in [1.29, 1.82) is 0 Å². The number of ether oxygens (including phenoxy) is 2. The summed E-state index contributed by atoms with van der Waals surface area (Å²) >= 11 is 0. The van der Waals surface area contributed by atoms with Crippen LogP contribution < -0.4 is 11.3 Å². The molecule has 2 aromatic heterocycles. The van der Waals surface area contributed by atoms with E-state index >= 15 is 0 Å². The first-order chi connectivity index (χ1) is 18.3. The maximum Gasteiger partial charge on any atom is 0.388 e. The molecule has 2 unspecified atom stereocenters. The lowest BCUT2D eigenvalue weighted by molar-refractivity contribution is -0.189. The number of pyridine rings is 2. The highest BCUT2D eigenvalue weighted by molar-refractivity contribution is 6.78. The summed E-state index contributed by atoms with van der Waals surface area (Å²) in [5, 5.41) is 0.888. The Kier molecular flexibility index (Phi) is 6.45. The van der Waals surface area contributed by atoms with E-state index in [-0.39, 0.29) is 30.1 Å². The third kappa shape index (κ3) is 4.45. The van der Waals surface area contributed by atoms with Gasteiger partial charge in [-0.15, -0.1) is 0 Å². The molecule has 0 radical (unpaired) electrons. The summed E-state index contributed by atoms with van der Waals surface area (Å²) in [4.78, 5) is 44.9. The largest absolute Gasteiger partial charge is 0.458 e. The predicted molar refractivity (Wildman–Crippen MR) is 139 cm³/mol. The van der Waals surface area contributed by atoms with Gasteiger partial charge < -0.3 is 19.8 Å². The van der Waals surface area contributed by atoms with Gasteiger partial charge in [-0.2, -0.15) is 13.2 Å². The van der Waals surface area contributed by atoms with Crippen LogP contribution in [0.4, 0.5) is 13.2 Å². The number of cyclic esters (lactones) is 1. The molecule has 4 heterocycles. The van der Waals surface area contributed by atoms with E-state index in [1.54, 1.807) is 26.1 Å². The third-order valence-corrected chi connectivity index (χ3v) is 11.0. The highest BCUT2D eigenvalue weighted by atomic mass is 28.3. The molecule has 0 saturated heterocycles. The zero-order valence-corrected chi connectivity index (χ0v) is 22.7. The molecule has 206 valence electrons. The van der Waals surface area contributed by atoms with Gasteiger partial charge in [0.05, 0.1) is 35.6 Å². The Balaban J connectivity index is 1.76. The van der Waals surface area contributed by atoms with Crippen LogP contribution in [0.1, 0.15) is 42.2 Å². The minimum Gasteiger partial charge on any atom is -0.458 e. The second-order valence-corrected chi connectivity index (χ2v) is 15.7. The van der Waals surface area contributed by atoms with E-state index < -0.39 is 56.0 Å². The van der Waals surface area contributed by atoms with Crippen molar-refractivity contribution < 1.29 is 32.2 Å². The van der Waals surface area contributed by atoms with Gasteiger partial charge in [-0.05, 0) is 30.7 Å². The lowest BCUT2D eigenvalue weighted by Crippen LogP contribution is -2.54. The molecule has 2 N–H and O–H groups in total. The van der Waals surface area contributed by atoms with E-state index in [2.05, 4.69) is 0 Å². The van der Waals surface area contributed by atoms with Gasteiger partial charge in [0, 0.05) is 22.9 Å². The molecule has 0 amide bonds. The van der Waals surface area contributed by atoms with Crippen LogP contribution in [0.15, 0.2) is 41.2 Å². The third-order valence-electron chi connectivity index (χ3n) is 7.68. The summed E-state index contributed by atoms with van der Waals surface area (Å²) in [6.07, 6.45) is -5.54. The van der Waals surface area contributed by atoms with Crippen LogP contribution >= 0.6 is 0 Å². The Labute approximate surface area is 222 Å². The van der Waals surface area contributed by atoms with Crippen molar-refractivity contribution >= 4 is 30.9 Å². The van der Waals surface area contributed by atoms with E-state index in [4.69, 9.17) is 20.2 Å². The SMILES string of the molecule is CCC1(OC(=O)CN)C(=O)OC([Si](C)(C)CCC(F)(F)F)c2c1cc1n(c2=O)Cc2cc3ccccc3nc2-1. The van der Waals surface area contributed by atoms with Gasteiger partial charge in [0.1, 0.15) is 13.8 Å². The van der Waals surface area contributed by atoms with Gasteiger partial charge in [-0.3, -0.25) is 9.59 Å². The number of esters is 2. The summed E-state index contributed by atoms with van der Waals surface area (Å²) < 4.78 is 52.4. The average molecular weight is 560 g/mol. The van der Waals surface area contributed by atoms with Crippen LogP contribution in [-0.4, -0.2) is 42.3 Å². The summed E-state index contributed by atoms with van der Waals surface area (Å²) in [6, 6.07) is 10.8. The normalized spacial score (nSPS) is 20.3. The van der Waals surface area contributed by atoms with Crippen LogP contribution in [-0.2, 0) is 31.2 Å². The van der Waals surface area contributed by atoms with Crippen molar-refractivity contribution in [2.24, 2.45) is 5.73 Å². The first-order valence-corrected chi connectivity index (χ1v) is 16.0. The van der Waals surface area contributed by atoms with Crippen LogP contribution in [0, 0.1) is 0 Å². The minimum atomic E-state index is -4.40. The maximum atomic E-state index is 14.2. The van der Waals surface area contributed by atoms with Crippen molar-refractivity contribution in [2.45, 2.75) is 63.0 Å². The molecule has 0 spiro atoms. The quantitative estimate of drug-likeness (QED) is 0.276. The second kappa shape index (κ2) is 9.30. The number of nitrogens with zero attached hydrogens (tertiary/aromatic N) is 2. The molecule has 0 bridgehead atoms. The average Bonchev–Trinajstić information content (AvgIpc) is 3.25. The fourth-order valence-corrected chi connectivity index (χ4v) is 8.21. The molecule has 0 saturated carbocycles. The maximum absolute atomic E-state index is 14.2. The smallest absolute Gasteiger partial charge is 0.388 e. The zero-order chi connectivity index (χ0) is 28.3. The van der Waals surface area contributed by atoms with E-state index in [1.165, 1.54) is 4.57 Å². The van der Waals surface area contributed by atoms with Gasteiger partial charge in [-0.25, -0.2) is 9.78 Å². The summed E-state index contributed by atoms with van der Waals surface area (Å²) in [7, 11) is -3.07. The number of hydrogen-bond acceptors (Lipinski definition) is 7. The van der Waals surface area contributed by atoms with Crippen molar-refractivity contribution in [3.05, 3.63) is 63.4 Å². The molecule has 2 aliphatic rings. The lowest BCUT2D eigenvalue weighted by atomic mass is 9.85. The molecule has 2 atom stereocenters. The number of aromatic nitrogens is 2. The topological polar surface area (TPSA) is 114 Å². The van der Waals surface area contributed by atoms with E-state index in [9.17, 15) is 27.6 Å². The monoisotopic (exact) mass is 559 g/mol. The molecule has 8 nitrogen and oxygen atoms in total. The summed E-state index contributed by atoms with van der Waals surface area (Å²) in [6.45, 7) is 4.60. The standard InChI is InChI=1S/C27H28F3N3O5Si/c1-4-26(38-20(34)13-31)17-12-19-22-16(11-15-7-5-6-8-18(15)32-22)14-33(19)23(35)21(17)24(37-25(26)36)39(2,3)10-9-27(28,29)30/h5-8,11-12,24H,4,9-10,13-14,31H2,1-3H3. The molecule has 1 aromatic carbocycles. The molecular formula is C27H28F3N3O5Si. The Morgan fingerprint density at radius 3 is 2.64 bits per heavy atom. The number of para-hydroxylation sites is 1. The zero-order valence-electron chi connectivity index (χ0n) is 21.7. The molecule has 2 aliphatic heterocycles. The molecule has 3 aromatic rings. The van der Waals surface area contributed by atoms with Crippen molar-refractivity contribution in [3.63, 3.8) is 0 Å². The van der Waals surface area contributed by atoms with Gasteiger partial charge >= 0.3 is 18.1 Å². The summed E-state index contributed by atoms with van der Waals surface area (Å²) in [5.41, 5.74) is 4.50. The number of fused-ring (bicyclic) bond motifs is 5. The van der Waals surface area contributed by atoms with Gasteiger partial charge in [0.15, 0.2) is 0 Å². The Morgan fingerprint density at radius 1 is 1.26 bits per heavy atom. The Morgan fingerprint density at radius 2 is 1.97 bits per heavy atom. The van der Waals surface area contributed by atoms with E-state index in [0.717, 1.165) is 10.9 Å². The second-order valence-electron chi connectivity index (χ2n) is 10.7. The van der Waals surface area contributed by atoms with Gasteiger partial charge in [0.25, 0.3) is 5.56 Å². The predicted octanol–water partition coefficient (Wildman–Crippen LogP) is 4.33. The number of benzene rings is 1. The van der Waals surface area contributed by atoms with Crippen molar-refractivity contribution in [2.75, 3.05) is 6.54 Å². The van der Waals surface area contributed by atoms with Crippen molar-refractivity contribution in [1.82, 2.24) is 9.55 Å². The van der Waals surface area contributed by atoms with Gasteiger partial charge in [-0.1, -0.05) is 38.2 Å². The van der Waals surface area contributed by atoms with Crippen LogP contribution in [0.5, 0.6) is 0 Å². The molecule has 0 fully saturated rings. The number of alkyl halides is 3. The van der Waals surface area contributed by atoms with Gasteiger partial charge in [0.2, 0.25) is 5.60 Å². The Hall–Kier alpha value is -3.51. The number of nitrogens with two attached hydrogens (primary N) is 1. The van der Waals surface area contributed by atoms with Crippen LogP contribution in [0.25, 0.3) is 22.3 Å².